The van der Waals surface area contributed by atoms with Gasteiger partial charge in [-0.25, -0.2) is 4.98 Å². The Morgan fingerprint density at radius 2 is 1.53 bits per heavy atom. The molecule has 0 atom stereocenters. The zero-order valence-corrected chi connectivity index (χ0v) is 10.6. The molecule has 0 aliphatic heterocycles. The Balaban J connectivity index is 3.41. The van der Waals surface area contributed by atoms with Crippen LogP contribution in [0.3, 0.4) is 0 Å². The first kappa shape index (κ1) is 13.9. The van der Waals surface area contributed by atoms with Gasteiger partial charge in [-0.2, -0.15) is 18.3 Å². The number of nitrogens with zero attached hydrogens (tertiary/aromatic N) is 3. The van der Waals surface area contributed by atoms with Crippen molar-refractivity contribution in [3.63, 3.8) is 0 Å². The first-order valence-electron chi connectivity index (χ1n) is 5.35. The molecule has 1 rings (SSSR count). The predicted molar refractivity (Wildman–Crippen MR) is 57.6 cm³/mol. The lowest BCUT2D eigenvalue weighted by Gasteiger charge is -2.22. The summed E-state index contributed by atoms with van der Waals surface area (Å²) in [7, 11) is 0. The maximum absolute atomic E-state index is 12.5. The van der Waals surface area contributed by atoms with Crippen LogP contribution >= 0.6 is 0 Å². The highest BCUT2D eigenvalue weighted by molar-refractivity contribution is 5.22. The summed E-state index contributed by atoms with van der Waals surface area (Å²) in [4.78, 5) is 3.64. The maximum Gasteiger partial charge on any atom is 0.453 e. The molecule has 1 heterocycles. The van der Waals surface area contributed by atoms with Gasteiger partial charge < -0.3 is 0 Å². The summed E-state index contributed by atoms with van der Waals surface area (Å²) in [6, 6.07) is 0. The van der Waals surface area contributed by atoms with Gasteiger partial charge in [-0.3, -0.25) is 0 Å². The van der Waals surface area contributed by atoms with E-state index < -0.39 is 17.4 Å². The summed E-state index contributed by atoms with van der Waals surface area (Å²) in [5.41, 5.74) is 0.385. The minimum atomic E-state index is -4.55. The van der Waals surface area contributed by atoms with Gasteiger partial charge in [-0.1, -0.05) is 34.6 Å². The third-order valence-corrected chi connectivity index (χ3v) is 2.22. The maximum atomic E-state index is 12.5. The topological polar surface area (TPSA) is 38.7 Å². The van der Waals surface area contributed by atoms with Crippen LogP contribution in [0.4, 0.5) is 13.2 Å². The molecular formula is C11H16F3N3. The molecule has 0 aliphatic carbocycles. The second kappa shape index (κ2) is 4.23. The van der Waals surface area contributed by atoms with Gasteiger partial charge in [0.05, 0.1) is 11.4 Å². The standard InChI is InChI=1S/C11H16F3N3/c1-6(2)7-8(10(3,4)5)15-9(17-16-7)11(12,13)14/h6H,1-5H3. The molecule has 0 N–H and O–H groups in total. The van der Waals surface area contributed by atoms with E-state index in [0.29, 0.717) is 11.4 Å². The molecule has 0 aliphatic rings. The van der Waals surface area contributed by atoms with Crippen molar-refractivity contribution >= 4 is 0 Å². The zero-order valence-electron chi connectivity index (χ0n) is 10.6. The van der Waals surface area contributed by atoms with Gasteiger partial charge in [0.2, 0.25) is 0 Å². The fourth-order valence-corrected chi connectivity index (χ4v) is 1.40. The van der Waals surface area contributed by atoms with Crippen molar-refractivity contribution in [2.75, 3.05) is 0 Å². The normalized spacial score (nSPS) is 13.2. The molecule has 6 heteroatoms. The first-order valence-corrected chi connectivity index (χ1v) is 5.35. The highest BCUT2D eigenvalue weighted by atomic mass is 19.4. The smallest absolute Gasteiger partial charge is 0.225 e. The first-order chi connectivity index (χ1) is 7.53. The quantitative estimate of drug-likeness (QED) is 0.764. The van der Waals surface area contributed by atoms with Crippen molar-refractivity contribution in [2.24, 2.45) is 0 Å². The Labute approximate surface area is 98.5 Å². The van der Waals surface area contributed by atoms with Crippen LogP contribution in [0.15, 0.2) is 0 Å². The van der Waals surface area contributed by atoms with Crippen molar-refractivity contribution in [1.82, 2.24) is 15.2 Å². The van der Waals surface area contributed by atoms with Gasteiger partial charge in [-0.15, -0.1) is 5.10 Å². The van der Waals surface area contributed by atoms with Gasteiger partial charge in [0, 0.05) is 5.41 Å². The Morgan fingerprint density at radius 1 is 1.00 bits per heavy atom. The van der Waals surface area contributed by atoms with E-state index in [2.05, 4.69) is 15.2 Å². The van der Waals surface area contributed by atoms with E-state index in [1.165, 1.54) is 0 Å². The van der Waals surface area contributed by atoms with E-state index in [9.17, 15) is 13.2 Å². The Kier molecular flexibility index (Phi) is 3.45. The average molecular weight is 247 g/mol. The number of alkyl halides is 3. The summed E-state index contributed by atoms with van der Waals surface area (Å²) >= 11 is 0. The molecule has 1 aromatic heterocycles. The van der Waals surface area contributed by atoms with Gasteiger partial charge in [-0.05, 0) is 5.92 Å². The van der Waals surface area contributed by atoms with Crippen molar-refractivity contribution in [3.8, 4) is 0 Å². The zero-order chi connectivity index (χ0) is 13.4. The molecule has 0 unspecified atom stereocenters. The Bertz CT molecular complexity index is 405. The number of rotatable bonds is 1. The monoisotopic (exact) mass is 247 g/mol. The highest BCUT2D eigenvalue weighted by Gasteiger charge is 2.37. The summed E-state index contributed by atoms with van der Waals surface area (Å²) in [5.74, 6) is -1.18. The summed E-state index contributed by atoms with van der Waals surface area (Å²) in [6.45, 7) is 9.14. The van der Waals surface area contributed by atoms with Crippen LogP contribution in [0, 0.1) is 0 Å². The fraction of sp³-hybridized carbons (Fsp3) is 0.727. The third-order valence-electron chi connectivity index (χ3n) is 2.22. The molecule has 0 radical (unpaired) electrons. The van der Waals surface area contributed by atoms with Crippen molar-refractivity contribution in [3.05, 3.63) is 17.2 Å². The molecule has 0 spiro atoms. The second-order valence-electron chi connectivity index (χ2n) is 5.27. The van der Waals surface area contributed by atoms with E-state index >= 15 is 0 Å². The number of hydrogen-bond donors (Lipinski definition) is 0. The van der Waals surface area contributed by atoms with E-state index in [1.54, 1.807) is 0 Å². The summed E-state index contributed by atoms with van der Waals surface area (Å²) in [5, 5.41) is 6.84. The molecular weight excluding hydrogens is 231 g/mol. The molecule has 0 saturated heterocycles. The molecule has 0 aromatic carbocycles. The van der Waals surface area contributed by atoms with Gasteiger partial charge >= 0.3 is 6.18 Å². The van der Waals surface area contributed by atoms with Gasteiger partial charge in [0.15, 0.2) is 0 Å². The molecule has 0 bridgehead atoms. The van der Waals surface area contributed by atoms with Crippen LogP contribution in [0.5, 0.6) is 0 Å². The number of hydrogen-bond acceptors (Lipinski definition) is 3. The molecule has 96 valence electrons. The van der Waals surface area contributed by atoms with E-state index in [1.807, 2.05) is 34.6 Å². The van der Waals surface area contributed by atoms with Crippen LogP contribution in [-0.4, -0.2) is 15.2 Å². The van der Waals surface area contributed by atoms with E-state index in [-0.39, 0.29) is 5.92 Å². The molecule has 17 heavy (non-hydrogen) atoms. The molecule has 3 nitrogen and oxygen atoms in total. The lowest BCUT2D eigenvalue weighted by atomic mass is 9.87. The highest BCUT2D eigenvalue weighted by Crippen LogP contribution is 2.31. The fourth-order valence-electron chi connectivity index (χ4n) is 1.40. The Morgan fingerprint density at radius 3 is 1.88 bits per heavy atom. The Hall–Kier alpha value is -1.20. The van der Waals surface area contributed by atoms with Crippen molar-refractivity contribution < 1.29 is 13.2 Å². The van der Waals surface area contributed by atoms with E-state index in [4.69, 9.17) is 0 Å². The lowest BCUT2D eigenvalue weighted by molar-refractivity contribution is -0.145. The van der Waals surface area contributed by atoms with Crippen LogP contribution in [-0.2, 0) is 11.6 Å². The SMILES string of the molecule is CC(C)c1nnc(C(F)(F)F)nc1C(C)(C)C. The molecule has 0 saturated carbocycles. The minimum Gasteiger partial charge on any atom is -0.225 e. The molecule has 0 amide bonds. The summed E-state index contributed by atoms with van der Waals surface area (Å²) in [6.07, 6.45) is -4.55. The van der Waals surface area contributed by atoms with Gasteiger partial charge in [0.1, 0.15) is 0 Å². The largest absolute Gasteiger partial charge is 0.453 e. The number of aromatic nitrogens is 3. The van der Waals surface area contributed by atoms with E-state index in [0.717, 1.165) is 0 Å². The average Bonchev–Trinajstić information content (AvgIpc) is 2.14. The third kappa shape index (κ3) is 3.14. The van der Waals surface area contributed by atoms with Crippen LogP contribution in [0.1, 0.15) is 57.7 Å². The lowest BCUT2D eigenvalue weighted by Crippen LogP contribution is -2.24. The van der Waals surface area contributed by atoms with Crippen molar-refractivity contribution in [1.29, 1.82) is 0 Å². The molecule has 1 aromatic rings. The van der Waals surface area contributed by atoms with Crippen LogP contribution in [0.2, 0.25) is 0 Å². The van der Waals surface area contributed by atoms with Gasteiger partial charge in [0.25, 0.3) is 5.82 Å². The predicted octanol–water partition coefficient (Wildman–Crippen LogP) is 3.31. The number of halogens is 3. The second-order valence-corrected chi connectivity index (χ2v) is 5.27. The van der Waals surface area contributed by atoms with Crippen LogP contribution in [0.25, 0.3) is 0 Å². The summed E-state index contributed by atoms with van der Waals surface area (Å²) < 4.78 is 37.6. The molecule has 0 fully saturated rings. The van der Waals surface area contributed by atoms with Crippen molar-refractivity contribution in [2.45, 2.75) is 52.1 Å². The van der Waals surface area contributed by atoms with Crippen LogP contribution < -0.4 is 0 Å². The minimum absolute atomic E-state index is 0.00786.